The van der Waals surface area contributed by atoms with Gasteiger partial charge < -0.3 is 10.2 Å². The molecule has 9 heteroatoms. The Kier molecular flexibility index (Phi) is 6.48. The maximum atomic E-state index is 11.2. The highest BCUT2D eigenvalue weighted by atomic mass is 35.5. The normalized spacial score (nSPS) is 10.9. The second kappa shape index (κ2) is 7.88. The van der Waals surface area contributed by atoms with Crippen molar-refractivity contribution in [2.75, 3.05) is 17.8 Å². The lowest BCUT2D eigenvalue weighted by Crippen LogP contribution is -2.14. The van der Waals surface area contributed by atoms with Crippen LogP contribution in [-0.2, 0) is 14.4 Å². The molecule has 1 aromatic rings. The molecule has 0 spiro atoms. The van der Waals surface area contributed by atoms with Gasteiger partial charge >= 0.3 is 0 Å². The lowest BCUT2D eigenvalue weighted by molar-refractivity contribution is -0.114. The molecular formula is C10H9Cl2N3O3S. The number of hydrogen-bond acceptors (Lipinski definition) is 6. The molecule has 0 radical (unpaired) electrons. The zero-order valence-electron chi connectivity index (χ0n) is 9.56. The molecule has 1 rings (SSSR count). The molecule has 0 fully saturated rings. The van der Waals surface area contributed by atoms with Gasteiger partial charge in [0.25, 0.3) is 5.24 Å². The van der Waals surface area contributed by atoms with Crippen molar-refractivity contribution in [3.05, 3.63) is 23.7 Å². The SMILES string of the molecule is C=CCO/N=C(/C(=O)Cl)c1csc(NC(=O)CCl)n1. The third kappa shape index (κ3) is 4.98. The van der Waals surface area contributed by atoms with Crippen molar-refractivity contribution < 1.29 is 14.4 Å². The van der Waals surface area contributed by atoms with Gasteiger partial charge in [0.05, 0.1) is 0 Å². The van der Waals surface area contributed by atoms with Crippen molar-refractivity contribution in [3.8, 4) is 0 Å². The molecule has 0 aliphatic rings. The Hall–Kier alpha value is -1.44. The largest absolute Gasteiger partial charge is 0.391 e. The van der Waals surface area contributed by atoms with Crippen LogP contribution in [0.4, 0.5) is 5.13 Å². The summed E-state index contributed by atoms with van der Waals surface area (Å²) >= 11 is 11.8. The van der Waals surface area contributed by atoms with Crippen LogP contribution in [0.25, 0.3) is 0 Å². The smallest absolute Gasteiger partial charge is 0.276 e. The van der Waals surface area contributed by atoms with Gasteiger partial charge in [-0.15, -0.1) is 22.9 Å². The monoisotopic (exact) mass is 321 g/mol. The van der Waals surface area contributed by atoms with Crippen LogP contribution in [0.15, 0.2) is 23.2 Å². The Balaban J connectivity index is 2.86. The third-order valence-electron chi connectivity index (χ3n) is 1.65. The van der Waals surface area contributed by atoms with Crippen LogP contribution in [0.1, 0.15) is 5.69 Å². The summed E-state index contributed by atoms with van der Waals surface area (Å²) < 4.78 is 0. The maximum absolute atomic E-state index is 11.2. The number of amides is 1. The fourth-order valence-corrected chi connectivity index (χ4v) is 1.84. The Morgan fingerprint density at radius 2 is 2.37 bits per heavy atom. The fourth-order valence-electron chi connectivity index (χ4n) is 0.930. The summed E-state index contributed by atoms with van der Waals surface area (Å²) in [5, 5.41) is 6.99. The second-order valence-electron chi connectivity index (χ2n) is 3.02. The highest BCUT2D eigenvalue weighted by molar-refractivity contribution is 7.14. The van der Waals surface area contributed by atoms with E-state index < -0.39 is 11.1 Å². The van der Waals surface area contributed by atoms with Crippen LogP contribution >= 0.6 is 34.5 Å². The summed E-state index contributed by atoms with van der Waals surface area (Å²) in [4.78, 5) is 31.1. The summed E-state index contributed by atoms with van der Waals surface area (Å²) in [6.45, 7) is 3.57. The van der Waals surface area contributed by atoms with E-state index >= 15 is 0 Å². The van der Waals surface area contributed by atoms with Gasteiger partial charge in [-0.1, -0.05) is 17.8 Å². The molecule has 0 aliphatic carbocycles. The van der Waals surface area contributed by atoms with Crippen molar-refractivity contribution in [2.24, 2.45) is 5.16 Å². The van der Waals surface area contributed by atoms with E-state index in [1.807, 2.05) is 0 Å². The van der Waals surface area contributed by atoms with E-state index in [1.54, 1.807) is 0 Å². The zero-order valence-corrected chi connectivity index (χ0v) is 11.9. The van der Waals surface area contributed by atoms with Crippen LogP contribution in [0.2, 0.25) is 0 Å². The van der Waals surface area contributed by atoms with E-state index in [0.29, 0.717) is 0 Å². The molecule has 0 bridgehead atoms. The highest BCUT2D eigenvalue weighted by Crippen LogP contribution is 2.17. The highest BCUT2D eigenvalue weighted by Gasteiger charge is 2.17. The number of alkyl halides is 1. The van der Waals surface area contributed by atoms with E-state index in [-0.39, 0.29) is 29.0 Å². The molecule has 0 atom stereocenters. The first-order valence-electron chi connectivity index (χ1n) is 4.91. The summed E-state index contributed by atoms with van der Waals surface area (Å²) in [6.07, 6.45) is 1.47. The van der Waals surface area contributed by atoms with E-state index in [4.69, 9.17) is 28.0 Å². The molecule has 6 nitrogen and oxygen atoms in total. The van der Waals surface area contributed by atoms with Gasteiger partial charge in [-0.05, 0) is 11.6 Å². The van der Waals surface area contributed by atoms with Gasteiger partial charge in [0.2, 0.25) is 5.91 Å². The molecule has 102 valence electrons. The number of anilines is 1. The predicted molar refractivity (Wildman–Crippen MR) is 75.0 cm³/mol. The second-order valence-corrected chi connectivity index (χ2v) is 4.49. The van der Waals surface area contributed by atoms with E-state index in [2.05, 4.69) is 22.0 Å². The first-order chi connectivity index (χ1) is 9.08. The number of rotatable bonds is 7. The van der Waals surface area contributed by atoms with Crippen LogP contribution < -0.4 is 5.32 Å². The number of nitrogens with zero attached hydrogens (tertiary/aromatic N) is 2. The summed E-state index contributed by atoms with van der Waals surface area (Å²) in [7, 11) is 0. The lowest BCUT2D eigenvalue weighted by Gasteiger charge is -1.98. The number of halogens is 2. The van der Waals surface area contributed by atoms with Gasteiger partial charge in [-0.25, -0.2) is 4.98 Å². The Morgan fingerprint density at radius 3 is 2.95 bits per heavy atom. The molecule has 0 saturated carbocycles. The quantitative estimate of drug-likeness (QED) is 0.208. The number of aromatic nitrogens is 1. The predicted octanol–water partition coefficient (Wildman–Crippen LogP) is 1.99. The zero-order chi connectivity index (χ0) is 14.3. The van der Waals surface area contributed by atoms with Crippen LogP contribution in [0, 0.1) is 0 Å². The number of thiazole rings is 1. The Morgan fingerprint density at radius 1 is 1.63 bits per heavy atom. The Labute approximate surface area is 123 Å². The van der Waals surface area contributed by atoms with Gasteiger partial charge in [0.1, 0.15) is 18.2 Å². The van der Waals surface area contributed by atoms with E-state index in [9.17, 15) is 9.59 Å². The average molecular weight is 322 g/mol. The molecule has 0 aliphatic heterocycles. The van der Waals surface area contributed by atoms with Crippen molar-refractivity contribution in [2.45, 2.75) is 0 Å². The van der Waals surface area contributed by atoms with Gasteiger partial charge in [-0.2, -0.15) is 0 Å². The third-order valence-corrected chi connectivity index (χ3v) is 2.83. The minimum Gasteiger partial charge on any atom is -0.391 e. The molecule has 0 saturated heterocycles. The van der Waals surface area contributed by atoms with Crippen molar-refractivity contribution >= 4 is 56.5 Å². The topological polar surface area (TPSA) is 80.6 Å². The van der Waals surface area contributed by atoms with Gasteiger partial charge in [-0.3, -0.25) is 9.59 Å². The molecule has 1 N–H and O–H groups in total. The fraction of sp³-hybridized carbons (Fsp3) is 0.200. The van der Waals surface area contributed by atoms with Crippen molar-refractivity contribution in [1.29, 1.82) is 0 Å². The number of nitrogens with one attached hydrogen (secondary N) is 1. The van der Waals surface area contributed by atoms with E-state index in [0.717, 1.165) is 11.3 Å². The first-order valence-corrected chi connectivity index (χ1v) is 6.70. The van der Waals surface area contributed by atoms with Gasteiger partial charge in [0, 0.05) is 5.38 Å². The standard InChI is InChI=1S/C10H9Cl2N3O3S/c1-2-3-18-15-8(9(12)17)6-5-19-10(13-6)14-7(16)4-11/h2,5H,1,3-4H2,(H,13,14,16)/b15-8+. The number of hydrogen-bond donors (Lipinski definition) is 1. The molecule has 1 heterocycles. The molecule has 19 heavy (non-hydrogen) atoms. The van der Waals surface area contributed by atoms with Crippen LogP contribution in [0.3, 0.4) is 0 Å². The summed E-state index contributed by atoms with van der Waals surface area (Å²) in [5.74, 6) is -0.589. The molecule has 0 aromatic carbocycles. The number of oxime groups is 1. The molecule has 1 aromatic heterocycles. The van der Waals surface area contributed by atoms with Crippen LogP contribution in [0.5, 0.6) is 0 Å². The minimum absolute atomic E-state index is 0.133. The molecule has 0 unspecified atom stereocenters. The minimum atomic E-state index is -0.815. The Bertz CT molecular complexity index is 516. The summed E-state index contributed by atoms with van der Waals surface area (Å²) in [6, 6.07) is 0. The average Bonchev–Trinajstić information content (AvgIpc) is 2.82. The number of carbonyl (C=O) groups excluding carboxylic acids is 2. The van der Waals surface area contributed by atoms with Crippen molar-refractivity contribution in [3.63, 3.8) is 0 Å². The first kappa shape index (κ1) is 15.6. The van der Waals surface area contributed by atoms with E-state index in [1.165, 1.54) is 11.5 Å². The van der Waals surface area contributed by atoms with Gasteiger partial charge in [0.15, 0.2) is 10.8 Å². The van der Waals surface area contributed by atoms with Crippen molar-refractivity contribution in [1.82, 2.24) is 4.98 Å². The lowest BCUT2D eigenvalue weighted by atomic mass is 10.3. The molecular weight excluding hydrogens is 313 g/mol. The summed E-state index contributed by atoms with van der Waals surface area (Å²) in [5.41, 5.74) is 0.0603. The molecule has 1 amide bonds. The van der Waals surface area contributed by atoms with Crippen LogP contribution in [-0.4, -0.2) is 34.3 Å². The maximum Gasteiger partial charge on any atom is 0.276 e. The number of carbonyl (C=O) groups is 2.